The van der Waals surface area contributed by atoms with Crippen LogP contribution in [0.3, 0.4) is 0 Å². The lowest BCUT2D eigenvalue weighted by Crippen LogP contribution is -2.41. The van der Waals surface area contributed by atoms with Gasteiger partial charge in [0, 0.05) is 30.1 Å². The van der Waals surface area contributed by atoms with Crippen LogP contribution >= 0.6 is 23.2 Å². The number of hydrogen-bond donors (Lipinski definition) is 1. The highest BCUT2D eigenvalue weighted by molar-refractivity contribution is 6.42. The first kappa shape index (κ1) is 27.3. The van der Waals surface area contributed by atoms with Crippen LogP contribution in [0.15, 0.2) is 48.7 Å². The number of halogens is 2. The maximum absolute atomic E-state index is 11.3. The summed E-state index contributed by atoms with van der Waals surface area (Å²) in [5.74, 6) is 7.32. The molecular weight excluding hydrogens is 507 g/mol. The Kier molecular flexibility index (Phi) is 9.68. The topological polar surface area (TPSA) is 62.7 Å². The molecule has 1 N–H and O–H groups in total. The van der Waals surface area contributed by atoms with Gasteiger partial charge in [-0.1, -0.05) is 41.1 Å². The monoisotopic (exact) mass is 538 g/mol. The van der Waals surface area contributed by atoms with Gasteiger partial charge in [-0.15, -0.1) is 0 Å². The van der Waals surface area contributed by atoms with Crippen molar-refractivity contribution in [1.82, 2.24) is 9.88 Å². The van der Waals surface area contributed by atoms with Crippen LogP contribution in [0.5, 0.6) is 5.75 Å². The highest BCUT2D eigenvalue weighted by atomic mass is 35.5. The number of pyridine rings is 1. The van der Waals surface area contributed by atoms with Crippen LogP contribution in [0.4, 0.5) is 0 Å². The molecule has 4 rings (SSSR count). The molecule has 37 heavy (non-hydrogen) atoms. The van der Waals surface area contributed by atoms with Gasteiger partial charge in [0.25, 0.3) is 0 Å². The highest BCUT2D eigenvalue weighted by Gasteiger charge is 2.29. The van der Waals surface area contributed by atoms with Crippen LogP contribution in [-0.2, 0) is 11.2 Å². The Morgan fingerprint density at radius 2 is 2.05 bits per heavy atom. The maximum atomic E-state index is 11.3. The van der Waals surface area contributed by atoms with Crippen molar-refractivity contribution in [3.8, 4) is 17.6 Å². The molecule has 0 spiro atoms. The smallest absolute Gasteiger partial charge is 0.303 e. The van der Waals surface area contributed by atoms with Crippen LogP contribution < -0.4 is 4.74 Å². The molecule has 2 atom stereocenters. The number of aromatic nitrogens is 1. The SMILES string of the molecule is COc1ccc2nccc(CCC[C@@H]3CCN(CC#Cc4cccc(Cl)c4Cl)C[C@@H]3CCC(=O)O)c2c1. The van der Waals surface area contributed by atoms with Gasteiger partial charge in [-0.2, -0.15) is 0 Å². The van der Waals surface area contributed by atoms with E-state index in [1.165, 1.54) is 5.56 Å². The van der Waals surface area contributed by atoms with Crippen LogP contribution in [0.1, 0.15) is 43.2 Å². The number of methoxy groups -OCH3 is 1. The maximum Gasteiger partial charge on any atom is 0.303 e. The fourth-order valence-corrected chi connectivity index (χ4v) is 5.59. The number of benzene rings is 2. The largest absolute Gasteiger partial charge is 0.497 e. The third-order valence-corrected chi connectivity index (χ3v) is 8.06. The van der Waals surface area contributed by atoms with Crippen molar-refractivity contribution in [1.29, 1.82) is 0 Å². The van der Waals surface area contributed by atoms with Gasteiger partial charge in [-0.3, -0.25) is 14.7 Å². The number of likely N-dealkylation sites (tertiary alicyclic amines) is 1. The Morgan fingerprint density at radius 3 is 2.86 bits per heavy atom. The van der Waals surface area contributed by atoms with E-state index >= 15 is 0 Å². The van der Waals surface area contributed by atoms with E-state index in [0.29, 0.717) is 34.8 Å². The highest BCUT2D eigenvalue weighted by Crippen LogP contribution is 2.32. The number of fused-ring (bicyclic) bond motifs is 1. The van der Waals surface area contributed by atoms with Crippen molar-refractivity contribution in [3.05, 3.63) is 69.8 Å². The van der Waals surface area contributed by atoms with Gasteiger partial charge in [0.2, 0.25) is 0 Å². The number of aryl methyl sites for hydroxylation is 1. The summed E-state index contributed by atoms with van der Waals surface area (Å²) in [6.45, 7) is 2.46. The Morgan fingerprint density at radius 1 is 1.19 bits per heavy atom. The van der Waals surface area contributed by atoms with Gasteiger partial charge in [-0.25, -0.2) is 0 Å². The van der Waals surface area contributed by atoms with Gasteiger partial charge in [0.15, 0.2) is 0 Å². The van der Waals surface area contributed by atoms with Gasteiger partial charge in [0.05, 0.1) is 29.2 Å². The summed E-state index contributed by atoms with van der Waals surface area (Å²) < 4.78 is 5.41. The summed E-state index contributed by atoms with van der Waals surface area (Å²) in [6.07, 6.45) is 6.91. The van der Waals surface area contributed by atoms with E-state index in [4.69, 9.17) is 27.9 Å². The predicted molar refractivity (Wildman–Crippen MR) is 149 cm³/mol. The van der Waals surface area contributed by atoms with E-state index in [1.54, 1.807) is 13.2 Å². The zero-order valence-electron chi connectivity index (χ0n) is 21.1. The summed E-state index contributed by atoms with van der Waals surface area (Å²) in [5.41, 5.74) is 2.98. The second kappa shape index (κ2) is 13.1. The van der Waals surface area contributed by atoms with Crippen molar-refractivity contribution in [2.45, 2.75) is 38.5 Å². The molecule has 1 aromatic heterocycles. The van der Waals surface area contributed by atoms with E-state index in [0.717, 1.165) is 61.0 Å². The van der Waals surface area contributed by atoms with E-state index in [1.807, 2.05) is 30.5 Å². The molecule has 2 heterocycles. The van der Waals surface area contributed by atoms with Crippen molar-refractivity contribution in [2.75, 3.05) is 26.7 Å². The molecule has 0 amide bonds. The van der Waals surface area contributed by atoms with Crippen LogP contribution in [0.25, 0.3) is 10.9 Å². The van der Waals surface area contributed by atoms with Gasteiger partial charge >= 0.3 is 5.97 Å². The minimum atomic E-state index is -0.733. The summed E-state index contributed by atoms with van der Waals surface area (Å²) >= 11 is 12.3. The Bertz CT molecular complexity index is 1300. The standard InChI is InChI=1S/C30H32Cl2N2O3/c1-37-25-11-12-28-26(19-25)22(14-16-33-28)6-2-5-21-15-18-34(20-24(21)10-13-29(35)36)17-4-8-23-7-3-9-27(31)30(23)32/h3,7,9,11-12,14,16,19,21,24H,2,5-6,10,13,15,17-18,20H2,1H3,(H,35,36)/t21-,24+/m1/s1. The second-order valence-corrected chi connectivity index (χ2v) is 10.4. The normalized spacial score (nSPS) is 17.8. The molecule has 3 aromatic rings. The Labute approximate surface area is 228 Å². The molecule has 7 heteroatoms. The molecule has 1 aliphatic heterocycles. The lowest BCUT2D eigenvalue weighted by molar-refractivity contribution is -0.137. The second-order valence-electron chi connectivity index (χ2n) is 9.62. The molecule has 1 fully saturated rings. The Hall–Kier alpha value is -2.78. The summed E-state index contributed by atoms with van der Waals surface area (Å²) in [4.78, 5) is 18.1. The number of carboxylic acid groups (broad SMARTS) is 1. The molecule has 1 aliphatic rings. The van der Waals surface area contributed by atoms with Gasteiger partial charge in [0.1, 0.15) is 5.75 Å². The summed E-state index contributed by atoms with van der Waals surface area (Å²) in [7, 11) is 1.68. The zero-order chi connectivity index (χ0) is 26.2. The average molecular weight is 540 g/mol. The number of carbonyl (C=O) groups is 1. The molecule has 0 bridgehead atoms. The van der Waals surface area contributed by atoms with Gasteiger partial charge in [-0.05, 0) is 92.4 Å². The molecule has 194 valence electrons. The van der Waals surface area contributed by atoms with Crippen LogP contribution in [0, 0.1) is 23.7 Å². The number of aliphatic carboxylic acids is 1. The number of rotatable bonds is 9. The average Bonchev–Trinajstić information content (AvgIpc) is 2.90. The van der Waals surface area contributed by atoms with Crippen molar-refractivity contribution in [3.63, 3.8) is 0 Å². The molecule has 0 saturated carbocycles. The molecule has 0 unspecified atom stereocenters. The lowest BCUT2D eigenvalue weighted by Gasteiger charge is -2.38. The summed E-state index contributed by atoms with van der Waals surface area (Å²) in [5, 5.41) is 11.4. The quantitative estimate of drug-likeness (QED) is 0.306. The molecule has 0 radical (unpaired) electrons. The number of carboxylic acids is 1. The summed E-state index contributed by atoms with van der Waals surface area (Å²) in [6, 6.07) is 13.6. The number of piperidine rings is 1. The first-order valence-corrected chi connectivity index (χ1v) is 13.5. The lowest BCUT2D eigenvalue weighted by atomic mass is 9.79. The van der Waals surface area contributed by atoms with E-state index < -0.39 is 5.97 Å². The number of hydrogen-bond acceptors (Lipinski definition) is 4. The fourth-order valence-electron chi connectivity index (χ4n) is 5.24. The van der Waals surface area contributed by atoms with E-state index in [2.05, 4.69) is 33.9 Å². The number of ether oxygens (including phenoxy) is 1. The minimum Gasteiger partial charge on any atom is -0.497 e. The predicted octanol–water partition coefficient (Wildman–Crippen LogP) is 6.73. The number of nitrogens with zero attached hydrogens (tertiary/aromatic N) is 2. The fraction of sp³-hybridized carbons (Fsp3) is 0.400. The molecule has 1 saturated heterocycles. The zero-order valence-corrected chi connectivity index (χ0v) is 22.6. The third kappa shape index (κ3) is 7.38. The third-order valence-electron chi connectivity index (χ3n) is 7.24. The van der Waals surface area contributed by atoms with E-state index in [-0.39, 0.29) is 6.42 Å². The van der Waals surface area contributed by atoms with Gasteiger partial charge < -0.3 is 9.84 Å². The van der Waals surface area contributed by atoms with Crippen LogP contribution in [0.2, 0.25) is 10.0 Å². The molecule has 0 aliphatic carbocycles. The van der Waals surface area contributed by atoms with Crippen molar-refractivity contribution < 1.29 is 14.6 Å². The Balaban J connectivity index is 1.37. The molecule has 5 nitrogen and oxygen atoms in total. The minimum absolute atomic E-state index is 0.202. The molecular formula is C30H32Cl2N2O3. The van der Waals surface area contributed by atoms with Crippen molar-refractivity contribution >= 4 is 40.1 Å². The van der Waals surface area contributed by atoms with E-state index in [9.17, 15) is 9.90 Å². The van der Waals surface area contributed by atoms with Crippen molar-refractivity contribution in [2.24, 2.45) is 11.8 Å². The molecule has 2 aromatic carbocycles. The first-order valence-electron chi connectivity index (χ1n) is 12.7. The first-order chi connectivity index (χ1) is 17.9. The van der Waals surface area contributed by atoms with Crippen LogP contribution in [-0.4, -0.2) is 47.7 Å².